The molecule has 0 amide bonds. The van der Waals surface area contributed by atoms with Gasteiger partial charge in [0.05, 0.1) is 5.60 Å². The summed E-state index contributed by atoms with van der Waals surface area (Å²) in [4.78, 5) is 0. The molecule has 0 aromatic heterocycles. The molecule has 0 aliphatic carbocycles. The lowest BCUT2D eigenvalue weighted by atomic mass is 10.2. The lowest BCUT2D eigenvalue weighted by molar-refractivity contribution is 0.0285. The first-order valence-electron chi connectivity index (χ1n) is 5.58. The fourth-order valence-electron chi connectivity index (χ4n) is 1.24. The lowest BCUT2D eigenvalue weighted by Gasteiger charge is -2.18. The molecule has 0 bridgehead atoms. The van der Waals surface area contributed by atoms with Gasteiger partial charge in [0.15, 0.2) is 0 Å². The van der Waals surface area contributed by atoms with Crippen LogP contribution in [0.5, 0.6) is 5.75 Å². The molecule has 1 rings (SSSR count). The summed E-state index contributed by atoms with van der Waals surface area (Å²) in [6, 6.07) is 8.16. The van der Waals surface area contributed by atoms with Gasteiger partial charge in [-0.2, -0.15) is 0 Å². The summed E-state index contributed by atoms with van der Waals surface area (Å²) in [6.07, 6.45) is 0. The molecular formula is C13H21NO2. The van der Waals surface area contributed by atoms with Gasteiger partial charge in [-0.25, -0.2) is 0 Å². The molecule has 0 saturated heterocycles. The van der Waals surface area contributed by atoms with E-state index in [2.05, 4.69) is 19.2 Å². The average Bonchev–Trinajstić information content (AvgIpc) is 2.14. The Morgan fingerprint density at radius 3 is 2.25 bits per heavy atom. The second-order valence-electron chi connectivity index (χ2n) is 4.92. The highest BCUT2D eigenvalue weighted by Gasteiger charge is 2.13. The summed E-state index contributed by atoms with van der Waals surface area (Å²) in [5.74, 6) is 0.774. The fraction of sp³-hybridized carbons (Fsp3) is 0.538. The van der Waals surface area contributed by atoms with Crippen molar-refractivity contribution in [3.8, 4) is 5.75 Å². The summed E-state index contributed by atoms with van der Waals surface area (Å²) in [7, 11) is 0. The van der Waals surface area contributed by atoms with Gasteiger partial charge in [-0.3, -0.25) is 0 Å². The van der Waals surface area contributed by atoms with E-state index in [-0.39, 0.29) is 0 Å². The minimum Gasteiger partial charge on any atom is -0.491 e. The van der Waals surface area contributed by atoms with Crippen LogP contribution in [0.25, 0.3) is 0 Å². The quantitative estimate of drug-likeness (QED) is 0.806. The Labute approximate surface area is 97.4 Å². The van der Waals surface area contributed by atoms with Crippen LogP contribution in [-0.4, -0.2) is 23.4 Å². The average molecular weight is 223 g/mol. The smallest absolute Gasteiger partial charge is 0.119 e. The Bertz CT molecular complexity index is 312. The molecule has 16 heavy (non-hydrogen) atoms. The molecule has 0 unspecified atom stereocenters. The van der Waals surface area contributed by atoms with E-state index in [1.807, 2.05) is 24.3 Å². The number of hydrogen-bond donors (Lipinski definition) is 2. The van der Waals surface area contributed by atoms with Crippen LogP contribution in [0.2, 0.25) is 0 Å². The van der Waals surface area contributed by atoms with Gasteiger partial charge >= 0.3 is 0 Å². The van der Waals surface area contributed by atoms with E-state index >= 15 is 0 Å². The van der Waals surface area contributed by atoms with Gasteiger partial charge in [-0.1, -0.05) is 0 Å². The maximum Gasteiger partial charge on any atom is 0.119 e. The van der Waals surface area contributed by atoms with Gasteiger partial charge in [0.25, 0.3) is 0 Å². The highest BCUT2D eigenvalue weighted by molar-refractivity contribution is 5.46. The van der Waals surface area contributed by atoms with Gasteiger partial charge < -0.3 is 15.2 Å². The van der Waals surface area contributed by atoms with Crippen LogP contribution in [0.15, 0.2) is 24.3 Å². The van der Waals surface area contributed by atoms with Crippen LogP contribution < -0.4 is 10.1 Å². The number of benzene rings is 1. The molecule has 0 aliphatic heterocycles. The molecule has 0 fully saturated rings. The molecular weight excluding hydrogens is 202 g/mol. The van der Waals surface area contributed by atoms with Gasteiger partial charge in [0, 0.05) is 11.7 Å². The zero-order chi connectivity index (χ0) is 12.2. The maximum atomic E-state index is 9.52. The minimum atomic E-state index is -0.797. The zero-order valence-electron chi connectivity index (χ0n) is 10.4. The third kappa shape index (κ3) is 5.03. The summed E-state index contributed by atoms with van der Waals surface area (Å²) in [5.41, 5.74) is 0.278. The molecule has 90 valence electrons. The number of aliphatic hydroxyl groups is 1. The molecule has 0 heterocycles. The number of nitrogens with one attached hydrogen (secondary N) is 1. The first-order chi connectivity index (χ1) is 7.37. The summed E-state index contributed by atoms with van der Waals surface area (Å²) in [5, 5.41) is 12.8. The Morgan fingerprint density at radius 1 is 1.25 bits per heavy atom. The number of rotatable bonds is 5. The number of hydrogen-bond acceptors (Lipinski definition) is 3. The second-order valence-corrected chi connectivity index (χ2v) is 4.92. The Hall–Kier alpha value is -1.22. The normalized spacial score (nSPS) is 11.6. The summed E-state index contributed by atoms with van der Waals surface area (Å²) in [6.45, 7) is 7.94. The highest BCUT2D eigenvalue weighted by Crippen LogP contribution is 2.17. The van der Waals surface area contributed by atoms with Crippen molar-refractivity contribution >= 4 is 5.69 Å². The van der Waals surface area contributed by atoms with Gasteiger partial charge in [0.2, 0.25) is 0 Å². The predicted molar refractivity (Wildman–Crippen MR) is 67.0 cm³/mol. The summed E-state index contributed by atoms with van der Waals surface area (Å²) >= 11 is 0. The van der Waals surface area contributed by atoms with E-state index in [0.29, 0.717) is 12.6 Å². The third-order valence-corrected chi connectivity index (χ3v) is 1.90. The number of anilines is 1. The van der Waals surface area contributed by atoms with Crippen molar-refractivity contribution in [3.05, 3.63) is 24.3 Å². The van der Waals surface area contributed by atoms with E-state index < -0.39 is 5.60 Å². The first kappa shape index (κ1) is 12.8. The zero-order valence-corrected chi connectivity index (χ0v) is 10.4. The largest absolute Gasteiger partial charge is 0.491 e. The Kier molecular flexibility index (Phi) is 4.19. The van der Waals surface area contributed by atoms with Crippen molar-refractivity contribution in [2.75, 3.05) is 11.9 Å². The van der Waals surface area contributed by atoms with Crippen molar-refractivity contribution < 1.29 is 9.84 Å². The Balaban J connectivity index is 2.51. The molecule has 3 heteroatoms. The molecule has 0 radical (unpaired) electrons. The fourth-order valence-corrected chi connectivity index (χ4v) is 1.24. The minimum absolute atomic E-state index is 0.296. The molecule has 2 N–H and O–H groups in total. The van der Waals surface area contributed by atoms with Crippen LogP contribution in [-0.2, 0) is 0 Å². The highest BCUT2D eigenvalue weighted by atomic mass is 16.5. The molecule has 1 aromatic rings. The molecule has 0 atom stereocenters. The lowest BCUT2D eigenvalue weighted by Crippen LogP contribution is -2.27. The topological polar surface area (TPSA) is 41.5 Å². The summed E-state index contributed by atoms with van der Waals surface area (Å²) < 4.78 is 5.45. The van der Waals surface area contributed by atoms with Crippen LogP contribution >= 0.6 is 0 Å². The molecule has 1 aromatic carbocycles. The van der Waals surface area contributed by atoms with Crippen molar-refractivity contribution in [3.63, 3.8) is 0 Å². The van der Waals surface area contributed by atoms with Crippen LogP contribution in [0.4, 0.5) is 5.69 Å². The van der Waals surface area contributed by atoms with E-state index in [1.54, 1.807) is 13.8 Å². The molecule has 0 spiro atoms. The van der Waals surface area contributed by atoms with Crippen LogP contribution in [0.1, 0.15) is 27.7 Å². The van der Waals surface area contributed by atoms with Gasteiger partial charge in [0.1, 0.15) is 12.4 Å². The Morgan fingerprint density at radius 2 is 1.81 bits per heavy atom. The number of ether oxygens (including phenoxy) is 1. The van der Waals surface area contributed by atoms with E-state index in [9.17, 15) is 5.11 Å². The van der Waals surface area contributed by atoms with Crippen LogP contribution in [0, 0.1) is 0 Å². The van der Waals surface area contributed by atoms with Crippen molar-refractivity contribution in [2.24, 2.45) is 0 Å². The van der Waals surface area contributed by atoms with E-state index in [1.165, 1.54) is 0 Å². The van der Waals surface area contributed by atoms with E-state index in [0.717, 1.165) is 11.4 Å². The van der Waals surface area contributed by atoms with Crippen LogP contribution in [0.3, 0.4) is 0 Å². The molecule has 3 nitrogen and oxygen atoms in total. The standard InChI is InChI=1S/C13H21NO2/c1-10(2)14-11-5-7-12(8-6-11)16-9-13(3,4)15/h5-8,10,14-15H,9H2,1-4H3. The predicted octanol–water partition coefficient (Wildman–Crippen LogP) is 2.66. The molecule has 0 saturated carbocycles. The van der Waals surface area contributed by atoms with Gasteiger partial charge in [-0.05, 0) is 52.0 Å². The SMILES string of the molecule is CC(C)Nc1ccc(OCC(C)(C)O)cc1. The maximum absolute atomic E-state index is 9.52. The first-order valence-corrected chi connectivity index (χ1v) is 5.58. The van der Waals surface area contributed by atoms with Crippen molar-refractivity contribution in [2.45, 2.75) is 39.3 Å². The van der Waals surface area contributed by atoms with Crippen molar-refractivity contribution in [1.29, 1.82) is 0 Å². The second kappa shape index (κ2) is 5.21. The third-order valence-electron chi connectivity index (χ3n) is 1.90. The molecule has 0 aliphatic rings. The van der Waals surface area contributed by atoms with Gasteiger partial charge in [-0.15, -0.1) is 0 Å². The van der Waals surface area contributed by atoms with Crippen molar-refractivity contribution in [1.82, 2.24) is 0 Å². The monoisotopic (exact) mass is 223 g/mol. The van der Waals surface area contributed by atoms with E-state index in [4.69, 9.17) is 4.74 Å².